The molecule has 0 spiro atoms. The highest BCUT2D eigenvalue weighted by Gasteiger charge is 2.05. The zero-order chi connectivity index (χ0) is 9.02. The third kappa shape index (κ3) is 2.56. The summed E-state index contributed by atoms with van der Waals surface area (Å²) in [6.07, 6.45) is 0. The predicted molar refractivity (Wildman–Crippen MR) is 48.8 cm³/mol. The van der Waals surface area contributed by atoms with Crippen molar-refractivity contribution < 1.29 is 0 Å². The van der Waals surface area contributed by atoms with Gasteiger partial charge in [-0.05, 0) is 6.92 Å². The molecule has 0 saturated carbocycles. The first kappa shape index (κ1) is 9.92. The molecule has 0 saturated heterocycles. The third-order valence-corrected chi connectivity index (χ3v) is 1.59. The maximum absolute atomic E-state index is 8.61. The second-order valence-corrected chi connectivity index (χ2v) is 2.77. The highest BCUT2D eigenvalue weighted by atomic mass is 32.1. The molecular formula is C7H11N3S. The topological polar surface area (TPSA) is 53.1 Å². The Morgan fingerprint density at radius 1 is 1.55 bits per heavy atom. The molecule has 0 heterocycles. The molecule has 0 radical (unpaired) electrons. The van der Waals surface area contributed by atoms with Gasteiger partial charge in [0.05, 0.1) is 0 Å². The van der Waals surface area contributed by atoms with E-state index < -0.39 is 0 Å². The molecule has 0 aromatic carbocycles. The first-order chi connectivity index (χ1) is 5.00. The average Bonchev–Trinajstić information content (AvgIpc) is 1.88. The Balaban J connectivity index is 4.88. The SMILES string of the molecule is C/C(=C(\C#N)C(N)=S)N(C)C. The molecule has 0 amide bonds. The number of rotatable bonds is 2. The smallest absolute Gasteiger partial charge is 0.116 e. The average molecular weight is 169 g/mol. The van der Waals surface area contributed by atoms with Crippen LogP contribution in [0.5, 0.6) is 0 Å². The quantitative estimate of drug-likeness (QED) is 0.374. The Labute approximate surface area is 72.1 Å². The Morgan fingerprint density at radius 2 is 2.00 bits per heavy atom. The van der Waals surface area contributed by atoms with Gasteiger partial charge in [-0.3, -0.25) is 0 Å². The zero-order valence-electron chi connectivity index (χ0n) is 6.88. The summed E-state index contributed by atoms with van der Waals surface area (Å²) in [6, 6.07) is 1.95. The molecule has 0 unspecified atom stereocenters. The molecule has 0 aliphatic heterocycles. The molecule has 60 valence electrons. The standard InChI is InChI=1S/C7H11N3S/c1-5(10(2)3)6(4-8)7(9)11/h1-3H3,(H2,9,11)/b6-5-. The van der Waals surface area contributed by atoms with Gasteiger partial charge in [0.1, 0.15) is 16.6 Å². The van der Waals surface area contributed by atoms with E-state index in [1.807, 2.05) is 20.2 Å². The molecule has 0 aliphatic carbocycles. The number of thiocarbonyl (C=S) groups is 1. The molecule has 0 bridgehead atoms. The van der Waals surface area contributed by atoms with Crippen molar-refractivity contribution in [1.82, 2.24) is 4.90 Å². The van der Waals surface area contributed by atoms with E-state index in [1.165, 1.54) is 0 Å². The predicted octanol–water partition coefficient (Wildman–Crippen LogP) is 0.632. The summed E-state index contributed by atoms with van der Waals surface area (Å²) in [5.74, 6) is 0. The van der Waals surface area contributed by atoms with Crippen LogP contribution >= 0.6 is 12.2 Å². The van der Waals surface area contributed by atoms with Crippen LogP contribution < -0.4 is 5.73 Å². The minimum Gasteiger partial charge on any atom is -0.389 e. The van der Waals surface area contributed by atoms with Crippen LogP contribution in [0.1, 0.15) is 6.92 Å². The van der Waals surface area contributed by atoms with Gasteiger partial charge in [0.2, 0.25) is 0 Å². The first-order valence-electron chi connectivity index (χ1n) is 3.08. The van der Waals surface area contributed by atoms with Gasteiger partial charge in [0, 0.05) is 19.8 Å². The van der Waals surface area contributed by atoms with Crippen molar-refractivity contribution in [3.05, 3.63) is 11.3 Å². The Morgan fingerprint density at radius 3 is 2.09 bits per heavy atom. The molecule has 0 aliphatic rings. The minimum atomic E-state index is 0.152. The van der Waals surface area contributed by atoms with Crippen molar-refractivity contribution in [3.63, 3.8) is 0 Å². The third-order valence-electron chi connectivity index (χ3n) is 1.39. The van der Waals surface area contributed by atoms with Crippen molar-refractivity contribution in [2.24, 2.45) is 5.73 Å². The van der Waals surface area contributed by atoms with Crippen LogP contribution in [0.15, 0.2) is 11.3 Å². The monoisotopic (exact) mass is 169 g/mol. The van der Waals surface area contributed by atoms with Crippen molar-refractivity contribution >= 4 is 17.2 Å². The van der Waals surface area contributed by atoms with E-state index in [2.05, 4.69) is 12.2 Å². The molecule has 3 nitrogen and oxygen atoms in total. The molecule has 0 fully saturated rings. The zero-order valence-corrected chi connectivity index (χ0v) is 7.70. The summed E-state index contributed by atoms with van der Waals surface area (Å²) in [4.78, 5) is 1.95. The fourth-order valence-electron chi connectivity index (χ4n) is 0.538. The number of nitriles is 1. The van der Waals surface area contributed by atoms with Gasteiger partial charge < -0.3 is 10.6 Å². The second-order valence-electron chi connectivity index (χ2n) is 2.33. The summed E-state index contributed by atoms with van der Waals surface area (Å²) in [7, 11) is 3.68. The lowest BCUT2D eigenvalue weighted by Crippen LogP contribution is -2.18. The Bertz CT molecular complexity index is 235. The van der Waals surface area contributed by atoms with Gasteiger partial charge in [-0.25, -0.2) is 0 Å². The van der Waals surface area contributed by atoms with Crippen LogP contribution in [0.25, 0.3) is 0 Å². The van der Waals surface area contributed by atoms with E-state index in [1.54, 1.807) is 11.8 Å². The Kier molecular flexibility index (Phi) is 3.55. The molecule has 0 aromatic heterocycles. The molecule has 4 heteroatoms. The number of hydrogen-bond donors (Lipinski definition) is 1. The maximum atomic E-state index is 8.61. The van der Waals surface area contributed by atoms with Crippen molar-refractivity contribution in [1.29, 1.82) is 5.26 Å². The van der Waals surface area contributed by atoms with Crippen molar-refractivity contribution in [3.8, 4) is 6.07 Å². The van der Waals surface area contributed by atoms with Crippen molar-refractivity contribution in [2.45, 2.75) is 6.92 Å². The molecule has 0 atom stereocenters. The van der Waals surface area contributed by atoms with Crippen LogP contribution in [-0.2, 0) is 0 Å². The molecular weight excluding hydrogens is 158 g/mol. The van der Waals surface area contributed by atoms with E-state index >= 15 is 0 Å². The number of hydrogen-bond acceptors (Lipinski definition) is 3. The fraction of sp³-hybridized carbons (Fsp3) is 0.429. The molecule has 11 heavy (non-hydrogen) atoms. The summed E-state index contributed by atoms with van der Waals surface area (Å²) < 4.78 is 0. The minimum absolute atomic E-state index is 0.152. The Hall–Kier alpha value is -1.08. The maximum Gasteiger partial charge on any atom is 0.116 e. The summed E-state index contributed by atoms with van der Waals surface area (Å²) in [6.45, 7) is 1.80. The number of nitrogens with zero attached hydrogens (tertiary/aromatic N) is 2. The van der Waals surface area contributed by atoms with Crippen LogP contribution in [0.2, 0.25) is 0 Å². The fourth-order valence-corrected chi connectivity index (χ4v) is 0.731. The van der Waals surface area contributed by atoms with Crippen LogP contribution in [0.3, 0.4) is 0 Å². The first-order valence-corrected chi connectivity index (χ1v) is 3.49. The lowest BCUT2D eigenvalue weighted by molar-refractivity contribution is 0.512. The highest BCUT2D eigenvalue weighted by molar-refractivity contribution is 7.80. The highest BCUT2D eigenvalue weighted by Crippen LogP contribution is 2.05. The lowest BCUT2D eigenvalue weighted by Gasteiger charge is -2.13. The molecule has 2 N–H and O–H groups in total. The van der Waals surface area contributed by atoms with Crippen LogP contribution in [0, 0.1) is 11.3 Å². The summed E-state index contributed by atoms with van der Waals surface area (Å²) in [5, 5.41) is 8.61. The molecule has 0 aromatic rings. The largest absolute Gasteiger partial charge is 0.389 e. The lowest BCUT2D eigenvalue weighted by atomic mass is 10.2. The van der Waals surface area contributed by atoms with Gasteiger partial charge in [0.25, 0.3) is 0 Å². The van der Waals surface area contributed by atoms with E-state index in [4.69, 9.17) is 11.0 Å². The summed E-state index contributed by atoms with van der Waals surface area (Å²) >= 11 is 4.68. The van der Waals surface area contributed by atoms with Gasteiger partial charge in [-0.2, -0.15) is 5.26 Å². The van der Waals surface area contributed by atoms with Gasteiger partial charge >= 0.3 is 0 Å². The van der Waals surface area contributed by atoms with E-state index in [0.717, 1.165) is 5.70 Å². The summed E-state index contributed by atoms with van der Waals surface area (Å²) in [5.41, 5.74) is 6.48. The second kappa shape index (κ2) is 3.94. The normalized spacial score (nSPS) is 11.5. The van der Waals surface area contributed by atoms with Gasteiger partial charge in [-0.15, -0.1) is 0 Å². The van der Waals surface area contributed by atoms with E-state index in [0.29, 0.717) is 5.57 Å². The van der Waals surface area contributed by atoms with Gasteiger partial charge in [0.15, 0.2) is 0 Å². The molecule has 0 rings (SSSR count). The van der Waals surface area contributed by atoms with E-state index in [9.17, 15) is 0 Å². The van der Waals surface area contributed by atoms with Crippen LogP contribution in [0.4, 0.5) is 0 Å². The van der Waals surface area contributed by atoms with Gasteiger partial charge in [-0.1, -0.05) is 12.2 Å². The number of allylic oxidation sites excluding steroid dienone is 1. The number of nitrogens with two attached hydrogens (primary N) is 1. The van der Waals surface area contributed by atoms with E-state index in [-0.39, 0.29) is 4.99 Å². The van der Waals surface area contributed by atoms with Crippen molar-refractivity contribution in [2.75, 3.05) is 14.1 Å². The van der Waals surface area contributed by atoms with Crippen LogP contribution in [-0.4, -0.2) is 24.0 Å².